The van der Waals surface area contributed by atoms with Gasteiger partial charge in [0, 0.05) is 50.3 Å². The van der Waals surface area contributed by atoms with Crippen LogP contribution < -0.4 is 0 Å². The van der Waals surface area contributed by atoms with Crippen molar-refractivity contribution in [2.75, 3.05) is 13.1 Å². The first-order valence-corrected chi connectivity index (χ1v) is 8.39. The van der Waals surface area contributed by atoms with Crippen LogP contribution in [0.1, 0.15) is 57.2 Å². The summed E-state index contributed by atoms with van der Waals surface area (Å²) >= 11 is 0. The zero-order valence-electron chi connectivity index (χ0n) is 13.9. The predicted molar refractivity (Wildman–Crippen MR) is 84.7 cm³/mol. The number of carboxylic acids is 1. The van der Waals surface area contributed by atoms with Crippen LogP contribution in [0.25, 0.3) is 0 Å². The molecule has 1 aromatic rings. The van der Waals surface area contributed by atoms with Crippen molar-refractivity contribution in [3.8, 4) is 0 Å². The van der Waals surface area contributed by atoms with Gasteiger partial charge in [-0.1, -0.05) is 13.8 Å². The highest BCUT2D eigenvalue weighted by Gasteiger charge is 2.40. The van der Waals surface area contributed by atoms with Gasteiger partial charge in [-0.3, -0.25) is 14.4 Å². The molecule has 1 saturated carbocycles. The molecule has 1 atom stereocenters. The number of hydrogen-bond donors (Lipinski definition) is 1. The fourth-order valence-corrected chi connectivity index (χ4v) is 3.70. The molecule has 1 aromatic heterocycles. The molecular weight excluding hydrogens is 278 g/mol. The van der Waals surface area contributed by atoms with Crippen molar-refractivity contribution in [2.24, 2.45) is 11.3 Å². The molecule has 1 unspecified atom stereocenters. The van der Waals surface area contributed by atoms with Crippen molar-refractivity contribution in [3.63, 3.8) is 0 Å². The largest absolute Gasteiger partial charge is 0.481 e. The smallest absolute Gasteiger partial charge is 0.303 e. The maximum Gasteiger partial charge on any atom is 0.303 e. The summed E-state index contributed by atoms with van der Waals surface area (Å²) in [6, 6.07) is 0. The van der Waals surface area contributed by atoms with Crippen LogP contribution in [0.5, 0.6) is 0 Å². The molecule has 1 aliphatic carbocycles. The highest BCUT2D eigenvalue weighted by molar-refractivity contribution is 5.67. The Morgan fingerprint density at radius 2 is 2.18 bits per heavy atom. The average Bonchev–Trinajstić information content (AvgIpc) is 3.12. The Balaban J connectivity index is 1.71. The number of aliphatic carboxylic acids is 1. The Hall–Kier alpha value is -1.36. The molecule has 22 heavy (non-hydrogen) atoms. The molecule has 122 valence electrons. The minimum Gasteiger partial charge on any atom is -0.481 e. The molecule has 1 N–H and O–H groups in total. The lowest BCUT2D eigenvalue weighted by Gasteiger charge is -2.24. The monoisotopic (exact) mass is 305 g/mol. The van der Waals surface area contributed by atoms with Crippen molar-refractivity contribution in [3.05, 3.63) is 17.5 Å². The number of carbonyl (C=O) groups is 1. The molecule has 2 heterocycles. The zero-order chi connectivity index (χ0) is 15.9. The summed E-state index contributed by atoms with van der Waals surface area (Å²) in [7, 11) is 0. The molecule has 0 bridgehead atoms. The number of aromatic nitrogens is 2. The van der Waals surface area contributed by atoms with Crippen LogP contribution in [0, 0.1) is 11.3 Å². The first-order valence-electron chi connectivity index (χ1n) is 8.39. The Labute approximate surface area is 132 Å². The summed E-state index contributed by atoms with van der Waals surface area (Å²) in [5.41, 5.74) is 2.69. The molecule has 5 heteroatoms. The van der Waals surface area contributed by atoms with Gasteiger partial charge in [0.1, 0.15) is 0 Å². The molecule has 0 amide bonds. The SMILES string of the molecule is CCn1cc(CN2CC(CC(=O)O)C(C)(C)C2)c(C2CC2)n1. The Kier molecular flexibility index (Phi) is 4.02. The summed E-state index contributed by atoms with van der Waals surface area (Å²) in [6.07, 6.45) is 4.99. The van der Waals surface area contributed by atoms with Gasteiger partial charge in [0.15, 0.2) is 0 Å². The second-order valence-electron chi connectivity index (χ2n) is 7.62. The lowest BCUT2D eigenvalue weighted by molar-refractivity contribution is -0.138. The van der Waals surface area contributed by atoms with Crippen molar-refractivity contribution in [2.45, 2.75) is 59.0 Å². The minimum atomic E-state index is -0.683. The van der Waals surface area contributed by atoms with Crippen LogP contribution >= 0.6 is 0 Å². The molecule has 0 aromatic carbocycles. The van der Waals surface area contributed by atoms with Gasteiger partial charge in [-0.15, -0.1) is 0 Å². The highest BCUT2D eigenvalue weighted by Crippen LogP contribution is 2.42. The van der Waals surface area contributed by atoms with Crippen molar-refractivity contribution in [1.29, 1.82) is 0 Å². The fourth-order valence-electron chi connectivity index (χ4n) is 3.70. The van der Waals surface area contributed by atoms with E-state index in [2.05, 4.69) is 31.9 Å². The number of aryl methyl sites for hydroxylation is 1. The van der Waals surface area contributed by atoms with E-state index in [9.17, 15) is 4.79 Å². The highest BCUT2D eigenvalue weighted by atomic mass is 16.4. The van der Waals surface area contributed by atoms with E-state index in [0.717, 1.165) is 26.2 Å². The second kappa shape index (κ2) is 5.69. The van der Waals surface area contributed by atoms with E-state index in [4.69, 9.17) is 10.2 Å². The van der Waals surface area contributed by atoms with Gasteiger partial charge in [0.25, 0.3) is 0 Å². The number of hydrogen-bond acceptors (Lipinski definition) is 3. The van der Waals surface area contributed by atoms with E-state index < -0.39 is 5.97 Å². The van der Waals surface area contributed by atoms with Gasteiger partial charge in [0.2, 0.25) is 0 Å². The van der Waals surface area contributed by atoms with Crippen LogP contribution in [0.2, 0.25) is 0 Å². The molecule has 1 aliphatic heterocycles. The number of rotatable bonds is 6. The van der Waals surface area contributed by atoms with E-state index >= 15 is 0 Å². The van der Waals surface area contributed by atoms with E-state index in [1.807, 2.05) is 4.68 Å². The normalized spacial score (nSPS) is 24.8. The Bertz CT molecular complexity index is 560. The molecule has 2 aliphatic rings. The predicted octanol–water partition coefficient (Wildman–Crippen LogP) is 2.71. The average molecular weight is 305 g/mol. The van der Waals surface area contributed by atoms with Gasteiger partial charge in [-0.2, -0.15) is 5.10 Å². The molecule has 1 saturated heterocycles. The van der Waals surface area contributed by atoms with Gasteiger partial charge in [-0.25, -0.2) is 0 Å². The van der Waals surface area contributed by atoms with Crippen molar-refractivity contribution in [1.82, 2.24) is 14.7 Å². The Morgan fingerprint density at radius 1 is 1.45 bits per heavy atom. The summed E-state index contributed by atoms with van der Waals surface area (Å²) in [5, 5.41) is 13.8. The van der Waals surface area contributed by atoms with Crippen LogP contribution in [0.4, 0.5) is 0 Å². The maximum absolute atomic E-state index is 11.1. The molecule has 2 fully saturated rings. The third-order valence-corrected chi connectivity index (χ3v) is 5.19. The van der Waals surface area contributed by atoms with E-state index in [0.29, 0.717) is 5.92 Å². The van der Waals surface area contributed by atoms with E-state index in [-0.39, 0.29) is 17.8 Å². The minimum absolute atomic E-state index is 0.0683. The zero-order valence-corrected chi connectivity index (χ0v) is 13.9. The third-order valence-electron chi connectivity index (χ3n) is 5.19. The summed E-state index contributed by atoms with van der Waals surface area (Å²) in [4.78, 5) is 13.5. The first-order chi connectivity index (χ1) is 10.4. The topological polar surface area (TPSA) is 58.4 Å². The molecule has 0 spiro atoms. The summed E-state index contributed by atoms with van der Waals surface area (Å²) in [5.74, 6) is 0.209. The van der Waals surface area contributed by atoms with Crippen LogP contribution in [0.3, 0.4) is 0 Å². The standard InChI is InChI=1S/C17H27N3O2/c1-4-20-9-13(16(18-20)12-5-6-12)8-19-10-14(7-15(21)22)17(2,3)11-19/h9,12,14H,4-8,10-11H2,1-3H3,(H,21,22). The van der Waals surface area contributed by atoms with E-state index in [1.165, 1.54) is 24.1 Å². The van der Waals surface area contributed by atoms with Gasteiger partial charge in [0.05, 0.1) is 5.69 Å². The number of carboxylic acid groups (broad SMARTS) is 1. The fraction of sp³-hybridized carbons (Fsp3) is 0.765. The van der Waals surface area contributed by atoms with Gasteiger partial charge < -0.3 is 5.11 Å². The second-order valence-corrected chi connectivity index (χ2v) is 7.62. The number of likely N-dealkylation sites (tertiary alicyclic amines) is 1. The lowest BCUT2D eigenvalue weighted by atomic mass is 9.80. The molecular formula is C17H27N3O2. The molecule has 3 rings (SSSR count). The van der Waals surface area contributed by atoms with Gasteiger partial charge >= 0.3 is 5.97 Å². The lowest BCUT2D eigenvalue weighted by Crippen LogP contribution is -2.24. The summed E-state index contributed by atoms with van der Waals surface area (Å²) < 4.78 is 2.04. The Morgan fingerprint density at radius 3 is 2.77 bits per heavy atom. The van der Waals surface area contributed by atoms with Crippen LogP contribution in [-0.2, 0) is 17.9 Å². The molecule has 5 nitrogen and oxygen atoms in total. The summed E-state index contributed by atoms with van der Waals surface area (Å²) in [6.45, 7) is 10.2. The third kappa shape index (κ3) is 3.19. The first kappa shape index (κ1) is 15.5. The van der Waals surface area contributed by atoms with Crippen LogP contribution in [-0.4, -0.2) is 38.8 Å². The maximum atomic E-state index is 11.1. The van der Waals surface area contributed by atoms with Crippen molar-refractivity contribution >= 4 is 5.97 Å². The number of nitrogens with zero attached hydrogens (tertiary/aromatic N) is 3. The van der Waals surface area contributed by atoms with Crippen LogP contribution in [0.15, 0.2) is 6.20 Å². The van der Waals surface area contributed by atoms with E-state index in [1.54, 1.807) is 0 Å². The van der Waals surface area contributed by atoms with Crippen molar-refractivity contribution < 1.29 is 9.90 Å². The molecule has 0 radical (unpaired) electrons. The van der Waals surface area contributed by atoms with Gasteiger partial charge in [-0.05, 0) is 31.1 Å². The quantitative estimate of drug-likeness (QED) is 0.878.